The van der Waals surface area contributed by atoms with Crippen LogP contribution in [0.15, 0.2) is 36.7 Å². The lowest BCUT2D eigenvalue weighted by Crippen LogP contribution is -2.35. The molecule has 0 atom stereocenters. The molecular formula is C20H25ClN4O. The van der Waals surface area contributed by atoms with Gasteiger partial charge in [-0.25, -0.2) is 9.97 Å². The number of halogens is 1. The van der Waals surface area contributed by atoms with Crippen LogP contribution in [0.2, 0.25) is 5.02 Å². The van der Waals surface area contributed by atoms with E-state index in [0.29, 0.717) is 11.5 Å². The maximum Gasteiger partial charge on any atom is 0.270 e. The largest absolute Gasteiger partial charge is 0.370 e. The molecule has 0 aliphatic heterocycles. The van der Waals surface area contributed by atoms with Gasteiger partial charge in [0, 0.05) is 23.7 Å². The molecule has 0 bridgehead atoms. The Kier molecular flexibility index (Phi) is 6.83. The molecule has 0 spiro atoms. The molecule has 26 heavy (non-hydrogen) atoms. The standard InChI is InChI=1S/C20H25ClN4O/c21-16-9-7-15(8-10-16)11-12-22-19-13-18(23-14-24-19)20(26)25-17-5-3-1-2-4-6-17/h7-10,13-14,17H,1-6,11-12H2,(H,25,26)(H,22,23,24). The molecule has 1 aromatic heterocycles. The van der Waals surface area contributed by atoms with Crippen LogP contribution in [0.5, 0.6) is 0 Å². The smallest absolute Gasteiger partial charge is 0.270 e. The van der Waals surface area contributed by atoms with Crippen molar-refractivity contribution < 1.29 is 4.79 Å². The molecule has 2 aromatic rings. The van der Waals surface area contributed by atoms with Gasteiger partial charge in [-0.1, -0.05) is 49.4 Å². The van der Waals surface area contributed by atoms with Crippen LogP contribution in [-0.4, -0.2) is 28.5 Å². The SMILES string of the molecule is O=C(NC1CCCCCC1)c1cc(NCCc2ccc(Cl)cc2)ncn1. The Morgan fingerprint density at radius 2 is 1.81 bits per heavy atom. The molecular weight excluding hydrogens is 348 g/mol. The van der Waals surface area contributed by atoms with Gasteiger partial charge in [0.2, 0.25) is 0 Å². The van der Waals surface area contributed by atoms with Gasteiger partial charge in [0.1, 0.15) is 17.8 Å². The fraction of sp³-hybridized carbons (Fsp3) is 0.450. The van der Waals surface area contributed by atoms with Crippen molar-refractivity contribution in [2.24, 2.45) is 0 Å². The maximum absolute atomic E-state index is 12.5. The number of hydrogen-bond donors (Lipinski definition) is 2. The molecule has 5 nitrogen and oxygen atoms in total. The zero-order valence-corrected chi connectivity index (χ0v) is 15.6. The highest BCUT2D eigenvalue weighted by atomic mass is 35.5. The second-order valence-electron chi connectivity index (χ2n) is 6.75. The second-order valence-corrected chi connectivity index (χ2v) is 7.19. The first-order valence-corrected chi connectivity index (χ1v) is 9.70. The van der Waals surface area contributed by atoms with E-state index < -0.39 is 0 Å². The zero-order chi connectivity index (χ0) is 18.2. The van der Waals surface area contributed by atoms with Crippen LogP contribution in [0.25, 0.3) is 0 Å². The van der Waals surface area contributed by atoms with E-state index in [-0.39, 0.29) is 11.9 Å². The Morgan fingerprint density at radius 1 is 1.08 bits per heavy atom. The van der Waals surface area contributed by atoms with Gasteiger partial charge in [0.05, 0.1) is 0 Å². The maximum atomic E-state index is 12.5. The summed E-state index contributed by atoms with van der Waals surface area (Å²) >= 11 is 5.90. The highest BCUT2D eigenvalue weighted by Gasteiger charge is 2.16. The predicted molar refractivity (Wildman–Crippen MR) is 105 cm³/mol. The first-order chi connectivity index (χ1) is 12.7. The third-order valence-corrected chi connectivity index (χ3v) is 4.98. The van der Waals surface area contributed by atoms with Gasteiger partial charge in [-0.05, 0) is 37.0 Å². The summed E-state index contributed by atoms with van der Waals surface area (Å²) in [4.78, 5) is 20.8. The third kappa shape index (κ3) is 5.70. The lowest BCUT2D eigenvalue weighted by atomic mass is 10.1. The summed E-state index contributed by atoms with van der Waals surface area (Å²) in [5.41, 5.74) is 1.61. The van der Waals surface area contributed by atoms with E-state index in [1.807, 2.05) is 24.3 Å². The fourth-order valence-electron chi connectivity index (χ4n) is 3.25. The molecule has 0 saturated heterocycles. The number of aromatic nitrogens is 2. The molecule has 1 saturated carbocycles. The molecule has 1 amide bonds. The lowest BCUT2D eigenvalue weighted by molar-refractivity contribution is 0.0928. The average Bonchev–Trinajstić information content (AvgIpc) is 2.92. The van der Waals surface area contributed by atoms with E-state index in [0.717, 1.165) is 30.8 Å². The summed E-state index contributed by atoms with van der Waals surface area (Å²) in [7, 11) is 0. The highest BCUT2D eigenvalue weighted by Crippen LogP contribution is 2.17. The van der Waals surface area contributed by atoms with Crippen LogP contribution < -0.4 is 10.6 Å². The molecule has 138 valence electrons. The monoisotopic (exact) mass is 372 g/mol. The van der Waals surface area contributed by atoms with Crippen molar-refractivity contribution in [3.8, 4) is 0 Å². The minimum atomic E-state index is -0.111. The minimum Gasteiger partial charge on any atom is -0.370 e. The van der Waals surface area contributed by atoms with Gasteiger partial charge < -0.3 is 10.6 Å². The first kappa shape index (κ1) is 18.6. The van der Waals surface area contributed by atoms with E-state index >= 15 is 0 Å². The Morgan fingerprint density at radius 3 is 2.54 bits per heavy atom. The number of nitrogens with zero attached hydrogens (tertiary/aromatic N) is 2. The Balaban J connectivity index is 1.51. The van der Waals surface area contributed by atoms with Crippen molar-refractivity contribution in [1.82, 2.24) is 15.3 Å². The average molecular weight is 373 g/mol. The van der Waals surface area contributed by atoms with Gasteiger partial charge in [0.15, 0.2) is 0 Å². The van der Waals surface area contributed by atoms with Crippen molar-refractivity contribution >= 4 is 23.3 Å². The molecule has 1 aromatic carbocycles. The van der Waals surface area contributed by atoms with E-state index in [1.54, 1.807) is 6.07 Å². The van der Waals surface area contributed by atoms with Crippen LogP contribution in [0.3, 0.4) is 0 Å². The topological polar surface area (TPSA) is 66.9 Å². The van der Waals surface area contributed by atoms with Crippen LogP contribution in [-0.2, 0) is 6.42 Å². The summed E-state index contributed by atoms with van der Waals surface area (Å²) in [5.74, 6) is 0.556. The number of carbonyl (C=O) groups is 1. The van der Waals surface area contributed by atoms with E-state index in [2.05, 4.69) is 20.6 Å². The summed E-state index contributed by atoms with van der Waals surface area (Å²) < 4.78 is 0. The molecule has 1 heterocycles. The molecule has 0 unspecified atom stereocenters. The number of nitrogens with one attached hydrogen (secondary N) is 2. The van der Waals surface area contributed by atoms with Crippen molar-refractivity contribution in [3.63, 3.8) is 0 Å². The first-order valence-electron chi connectivity index (χ1n) is 9.32. The molecule has 0 radical (unpaired) electrons. The van der Waals surface area contributed by atoms with Gasteiger partial charge in [0.25, 0.3) is 5.91 Å². The summed E-state index contributed by atoms with van der Waals surface area (Å²) in [6, 6.07) is 9.77. The molecule has 2 N–H and O–H groups in total. The number of anilines is 1. The molecule has 6 heteroatoms. The van der Waals surface area contributed by atoms with Crippen molar-refractivity contribution in [2.75, 3.05) is 11.9 Å². The molecule has 3 rings (SSSR count). The van der Waals surface area contributed by atoms with Crippen LogP contribution in [0.4, 0.5) is 5.82 Å². The van der Waals surface area contributed by atoms with Gasteiger partial charge >= 0.3 is 0 Å². The van der Waals surface area contributed by atoms with Crippen molar-refractivity contribution in [3.05, 3.63) is 52.9 Å². The highest BCUT2D eigenvalue weighted by molar-refractivity contribution is 6.30. The van der Waals surface area contributed by atoms with E-state index in [9.17, 15) is 4.79 Å². The normalized spacial score (nSPS) is 15.3. The van der Waals surface area contributed by atoms with E-state index in [1.165, 1.54) is 37.6 Å². The molecule has 1 fully saturated rings. The summed E-state index contributed by atoms with van der Waals surface area (Å²) in [5, 5.41) is 7.11. The second kappa shape index (κ2) is 9.53. The van der Waals surface area contributed by atoms with Crippen molar-refractivity contribution in [1.29, 1.82) is 0 Å². The van der Waals surface area contributed by atoms with E-state index in [4.69, 9.17) is 11.6 Å². The summed E-state index contributed by atoms with van der Waals surface area (Å²) in [6.45, 7) is 0.725. The predicted octanol–water partition coefficient (Wildman–Crippen LogP) is 4.24. The lowest BCUT2D eigenvalue weighted by Gasteiger charge is -2.16. The number of benzene rings is 1. The molecule has 1 aliphatic carbocycles. The minimum absolute atomic E-state index is 0.111. The van der Waals surface area contributed by atoms with Gasteiger partial charge in [-0.2, -0.15) is 0 Å². The number of carbonyl (C=O) groups excluding carboxylic acids is 1. The van der Waals surface area contributed by atoms with Crippen molar-refractivity contribution in [2.45, 2.75) is 51.0 Å². The van der Waals surface area contributed by atoms with Crippen LogP contribution >= 0.6 is 11.6 Å². The van der Waals surface area contributed by atoms with Gasteiger partial charge in [-0.3, -0.25) is 4.79 Å². The Bertz CT molecular complexity index is 712. The third-order valence-electron chi connectivity index (χ3n) is 4.72. The van der Waals surface area contributed by atoms with Crippen LogP contribution in [0.1, 0.15) is 54.6 Å². The molecule has 1 aliphatic rings. The van der Waals surface area contributed by atoms with Crippen LogP contribution in [0, 0.1) is 0 Å². The number of rotatable bonds is 6. The Labute approximate surface area is 159 Å². The Hall–Kier alpha value is -2.14. The number of hydrogen-bond acceptors (Lipinski definition) is 4. The fourth-order valence-corrected chi connectivity index (χ4v) is 3.37. The zero-order valence-electron chi connectivity index (χ0n) is 14.9. The number of amides is 1. The quantitative estimate of drug-likeness (QED) is 0.744. The summed E-state index contributed by atoms with van der Waals surface area (Å²) in [6.07, 6.45) is 9.31. The van der Waals surface area contributed by atoms with Gasteiger partial charge in [-0.15, -0.1) is 0 Å².